The number of aromatic nitrogens is 4. The van der Waals surface area contributed by atoms with Gasteiger partial charge in [0, 0.05) is 13.2 Å². The Kier molecular flexibility index (Phi) is 3.76. The van der Waals surface area contributed by atoms with Gasteiger partial charge in [0.05, 0.1) is 11.4 Å². The minimum Gasteiger partial charge on any atom is -0.383 e. The molecule has 0 bridgehead atoms. The molecule has 0 radical (unpaired) electrons. The Morgan fingerprint density at radius 3 is 2.54 bits per heavy atom. The van der Waals surface area contributed by atoms with Gasteiger partial charge in [0.1, 0.15) is 5.82 Å². The number of nitrogens with zero attached hydrogens (tertiary/aromatic N) is 5. The minimum absolute atomic E-state index is 0.0649. The molecule has 0 amide bonds. The van der Waals surface area contributed by atoms with Gasteiger partial charge < -0.3 is 16.4 Å². The van der Waals surface area contributed by atoms with E-state index in [0.29, 0.717) is 17.0 Å². The molecule has 7 heteroatoms. The van der Waals surface area contributed by atoms with Crippen LogP contribution in [0.4, 0.5) is 17.7 Å². The molecule has 4 rings (SSSR count). The lowest BCUT2D eigenvalue weighted by molar-refractivity contribution is 0.722. The minimum atomic E-state index is 0.0649. The van der Waals surface area contributed by atoms with Gasteiger partial charge in [-0.15, -0.1) is 0 Å². The fourth-order valence-electron chi connectivity index (χ4n) is 3.11. The van der Waals surface area contributed by atoms with Crippen molar-refractivity contribution in [2.24, 2.45) is 0 Å². The van der Waals surface area contributed by atoms with E-state index in [1.165, 1.54) is 16.3 Å². The maximum atomic E-state index is 5.87. The van der Waals surface area contributed by atoms with Crippen molar-refractivity contribution in [1.29, 1.82) is 0 Å². The number of anilines is 3. The monoisotopic (exact) mass is 345 g/mol. The van der Waals surface area contributed by atoms with E-state index in [1.807, 2.05) is 24.1 Å². The second-order valence-electron chi connectivity index (χ2n) is 6.23. The molecule has 0 saturated carbocycles. The molecule has 2 heterocycles. The van der Waals surface area contributed by atoms with E-state index in [9.17, 15) is 0 Å². The Balaban J connectivity index is 1.77. The Hall–Kier alpha value is -3.48. The fraction of sp³-hybridized carbons (Fsp3) is 0.158. The van der Waals surface area contributed by atoms with Crippen molar-refractivity contribution in [3.63, 3.8) is 0 Å². The van der Waals surface area contributed by atoms with Crippen molar-refractivity contribution < 1.29 is 0 Å². The van der Waals surface area contributed by atoms with E-state index in [2.05, 4.69) is 57.2 Å². The SMILES string of the molecule is C[C@@H](c1cccc2ccccc12)N(C)c1ncc2c(N)nc(N)nc2n1. The largest absolute Gasteiger partial charge is 0.383 e. The van der Waals surface area contributed by atoms with Crippen LogP contribution in [0.5, 0.6) is 0 Å². The number of rotatable bonds is 3. The summed E-state index contributed by atoms with van der Waals surface area (Å²) in [5, 5.41) is 3.01. The van der Waals surface area contributed by atoms with Gasteiger partial charge in [0.25, 0.3) is 0 Å². The summed E-state index contributed by atoms with van der Waals surface area (Å²) in [5.74, 6) is 0.934. The molecule has 4 N–H and O–H groups in total. The van der Waals surface area contributed by atoms with Crippen LogP contribution >= 0.6 is 0 Å². The van der Waals surface area contributed by atoms with Gasteiger partial charge in [0.15, 0.2) is 5.65 Å². The van der Waals surface area contributed by atoms with Crippen LogP contribution in [0.3, 0.4) is 0 Å². The highest BCUT2D eigenvalue weighted by Gasteiger charge is 2.18. The zero-order valence-electron chi connectivity index (χ0n) is 14.6. The Labute approximate surface area is 150 Å². The molecule has 0 spiro atoms. The fourth-order valence-corrected chi connectivity index (χ4v) is 3.11. The molecule has 4 aromatic rings. The average molecular weight is 345 g/mol. The molecule has 0 aliphatic carbocycles. The molecule has 0 saturated heterocycles. The van der Waals surface area contributed by atoms with E-state index < -0.39 is 0 Å². The summed E-state index contributed by atoms with van der Waals surface area (Å²) >= 11 is 0. The van der Waals surface area contributed by atoms with Crippen molar-refractivity contribution in [1.82, 2.24) is 19.9 Å². The van der Waals surface area contributed by atoms with Crippen LogP contribution in [0, 0.1) is 0 Å². The third-order valence-corrected chi connectivity index (χ3v) is 4.66. The number of nitrogen functional groups attached to an aromatic ring is 2. The average Bonchev–Trinajstić information content (AvgIpc) is 2.65. The quantitative estimate of drug-likeness (QED) is 0.588. The lowest BCUT2D eigenvalue weighted by atomic mass is 9.99. The molecule has 0 aliphatic rings. The first-order chi connectivity index (χ1) is 12.5. The van der Waals surface area contributed by atoms with E-state index in [4.69, 9.17) is 11.5 Å². The molecule has 130 valence electrons. The van der Waals surface area contributed by atoms with Crippen LogP contribution in [-0.2, 0) is 0 Å². The molecule has 0 fully saturated rings. The Bertz CT molecular complexity index is 1100. The van der Waals surface area contributed by atoms with E-state index in [1.54, 1.807) is 6.20 Å². The van der Waals surface area contributed by atoms with Gasteiger partial charge in [-0.2, -0.15) is 15.0 Å². The molecule has 26 heavy (non-hydrogen) atoms. The zero-order chi connectivity index (χ0) is 18.3. The molecule has 0 unspecified atom stereocenters. The van der Waals surface area contributed by atoms with Gasteiger partial charge in [-0.3, -0.25) is 0 Å². The highest BCUT2D eigenvalue weighted by molar-refractivity contribution is 5.87. The summed E-state index contributed by atoms with van der Waals surface area (Å²) in [6.45, 7) is 2.12. The second kappa shape index (κ2) is 6.11. The third kappa shape index (κ3) is 2.63. The molecule has 2 aromatic heterocycles. The van der Waals surface area contributed by atoms with Gasteiger partial charge in [-0.25, -0.2) is 4.98 Å². The van der Waals surface area contributed by atoms with Crippen LogP contribution in [0.2, 0.25) is 0 Å². The topological polar surface area (TPSA) is 107 Å². The predicted octanol–water partition coefficient (Wildman–Crippen LogP) is 2.93. The van der Waals surface area contributed by atoms with Gasteiger partial charge in [-0.1, -0.05) is 42.5 Å². The number of nitrogens with two attached hydrogens (primary N) is 2. The summed E-state index contributed by atoms with van der Waals surface area (Å²) in [5.41, 5.74) is 13.2. The smallest absolute Gasteiger partial charge is 0.227 e. The molecule has 7 nitrogen and oxygen atoms in total. The first-order valence-corrected chi connectivity index (χ1v) is 8.31. The Morgan fingerprint density at radius 1 is 0.923 bits per heavy atom. The number of benzene rings is 2. The number of hydrogen-bond donors (Lipinski definition) is 2. The molecular formula is C19H19N7. The molecule has 1 atom stereocenters. The van der Waals surface area contributed by atoms with Crippen molar-refractivity contribution >= 4 is 39.5 Å². The molecular weight excluding hydrogens is 326 g/mol. The summed E-state index contributed by atoms with van der Waals surface area (Å²) in [7, 11) is 1.96. The van der Waals surface area contributed by atoms with E-state index in [0.717, 1.165) is 0 Å². The van der Waals surface area contributed by atoms with Crippen molar-refractivity contribution in [2.45, 2.75) is 13.0 Å². The third-order valence-electron chi connectivity index (χ3n) is 4.66. The van der Waals surface area contributed by atoms with Crippen LogP contribution in [0.15, 0.2) is 48.7 Å². The van der Waals surface area contributed by atoms with Gasteiger partial charge >= 0.3 is 0 Å². The van der Waals surface area contributed by atoms with Crippen LogP contribution in [0.1, 0.15) is 18.5 Å². The van der Waals surface area contributed by atoms with Crippen molar-refractivity contribution in [3.05, 3.63) is 54.2 Å². The van der Waals surface area contributed by atoms with E-state index >= 15 is 0 Å². The van der Waals surface area contributed by atoms with Crippen LogP contribution < -0.4 is 16.4 Å². The van der Waals surface area contributed by atoms with Crippen LogP contribution in [-0.4, -0.2) is 27.0 Å². The summed E-state index contributed by atoms with van der Waals surface area (Å²) < 4.78 is 0. The number of hydrogen-bond acceptors (Lipinski definition) is 7. The molecule has 0 aliphatic heterocycles. The normalized spacial score (nSPS) is 12.4. The predicted molar refractivity (Wildman–Crippen MR) is 105 cm³/mol. The van der Waals surface area contributed by atoms with Crippen molar-refractivity contribution in [2.75, 3.05) is 23.4 Å². The first-order valence-electron chi connectivity index (χ1n) is 8.31. The lowest BCUT2D eigenvalue weighted by Crippen LogP contribution is -2.24. The second-order valence-corrected chi connectivity index (χ2v) is 6.23. The summed E-state index contributed by atoms with van der Waals surface area (Å²) in [4.78, 5) is 19.1. The maximum Gasteiger partial charge on any atom is 0.227 e. The lowest BCUT2D eigenvalue weighted by Gasteiger charge is -2.26. The highest BCUT2D eigenvalue weighted by atomic mass is 15.3. The maximum absolute atomic E-state index is 5.87. The van der Waals surface area contributed by atoms with Crippen LogP contribution in [0.25, 0.3) is 21.8 Å². The standard InChI is InChI=1S/C19H19N7/c1-11(13-9-5-7-12-6-3-4-8-14(12)13)26(2)19-22-10-15-16(20)23-18(21)24-17(15)25-19/h3-11H,1-2H3,(H4,20,21,22,23,24,25)/t11-/m0/s1. The summed E-state index contributed by atoms with van der Waals surface area (Å²) in [6, 6.07) is 14.7. The molecule has 2 aromatic carbocycles. The Morgan fingerprint density at radius 2 is 1.69 bits per heavy atom. The highest BCUT2D eigenvalue weighted by Crippen LogP contribution is 2.29. The summed E-state index contributed by atoms with van der Waals surface area (Å²) in [6.07, 6.45) is 1.64. The van der Waals surface area contributed by atoms with Crippen molar-refractivity contribution in [3.8, 4) is 0 Å². The number of fused-ring (bicyclic) bond motifs is 2. The van der Waals surface area contributed by atoms with E-state index in [-0.39, 0.29) is 17.8 Å². The zero-order valence-corrected chi connectivity index (χ0v) is 14.6. The first kappa shape index (κ1) is 16.0. The van der Waals surface area contributed by atoms with Gasteiger partial charge in [0.2, 0.25) is 11.9 Å². The van der Waals surface area contributed by atoms with Gasteiger partial charge in [-0.05, 0) is 23.3 Å².